The maximum atomic E-state index is 12.7. The van der Waals surface area contributed by atoms with Crippen LogP contribution in [0, 0.1) is 15.9 Å². The minimum absolute atomic E-state index is 0.0577. The van der Waals surface area contributed by atoms with Gasteiger partial charge in [0.15, 0.2) is 0 Å². The highest BCUT2D eigenvalue weighted by Crippen LogP contribution is 2.33. The van der Waals surface area contributed by atoms with E-state index < -0.39 is 4.92 Å². The molecule has 0 unspecified atom stereocenters. The van der Waals surface area contributed by atoms with Gasteiger partial charge in [0.1, 0.15) is 5.82 Å². The Balaban J connectivity index is 1.97. The van der Waals surface area contributed by atoms with E-state index in [2.05, 4.69) is 0 Å². The van der Waals surface area contributed by atoms with Crippen LogP contribution in [0.3, 0.4) is 0 Å². The quantitative estimate of drug-likeness (QED) is 0.478. The van der Waals surface area contributed by atoms with Crippen LogP contribution in [-0.2, 0) is 0 Å². The molecule has 0 heterocycles. The Hall–Kier alpha value is -1.86. The predicted molar refractivity (Wildman–Crippen MR) is 77.3 cm³/mol. The first-order valence-corrected chi connectivity index (χ1v) is 7.60. The van der Waals surface area contributed by atoms with Crippen LogP contribution in [0.25, 0.3) is 0 Å². The first kappa shape index (κ1) is 14.5. The molecule has 2 aromatic carbocycles. The van der Waals surface area contributed by atoms with Gasteiger partial charge in [-0.25, -0.2) is 4.39 Å². The van der Waals surface area contributed by atoms with Crippen LogP contribution in [0.2, 0.25) is 0 Å². The first-order valence-electron chi connectivity index (χ1n) is 5.45. The molecule has 0 aliphatic carbocycles. The molecule has 0 aromatic heterocycles. The summed E-state index contributed by atoms with van der Waals surface area (Å²) in [7, 11) is 2.20. The summed E-state index contributed by atoms with van der Waals surface area (Å²) in [6, 6.07) is 11.2. The number of carbonyl (C=O) groups excluding carboxylic acids is 1. The number of hydrogen-bond donors (Lipinski definition) is 0. The van der Waals surface area contributed by atoms with E-state index in [9.17, 15) is 19.3 Å². The van der Waals surface area contributed by atoms with Crippen LogP contribution < -0.4 is 0 Å². The highest BCUT2D eigenvalue weighted by atomic mass is 33.1. The number of non-ortho nitro benzene ring substituents is 1. The second-order valence-corrected chi connectivity index (χ2v) is 5.89. The van der Waals surface area contributed by atoms with Crippen LogP contribution >= 0.6 is 21.6 Å². The molecule has 0 N–H and O–H groups in total. The lowest BCUT2D eigenvalue weighted by molar-refractivity contribution is -0.384. The van der Waals surface area contributed by atoms with E-state index in [0.717, 1.165) is 15.7 Å². The summed E-state index contributed by atoms with van der Waals surface area (Å²) in [5.74, 6) is -0.332. The van der Waals surface area contributed by atoms with Crippen molar-refractivity contribution in [2.24, 2.45) is 0 Å². The van der Waals surface area contributed by atoms with Crippen molar-refractivity contribution in [3.63, 3.8) is 0 Å². The lowest BCUT2D eigenvalue weighted by Crippen LogP contribution is -1.93. The monoisotopic (exact) mass is 309 g/mol. The van der Waals surface area contributed by atoms with Crippen molar-refractivity contribution in [3.05, 3.63) is 70.0 Å². The SMILES string of the molecule is O=C(SSc1ccc(F)cc1)c1ccc([N+](=O)[O-])cc1. The molecular weight excluding hydrogens is 301 g/mol. The number of halogens is 1. The number of nitro groups is 1. The number of rotatable bonds is 4. The molecule has 2 rings (SSSR count). The second-order valence-electron chi connectivity index (χ2n) is 3.71. The Morgan fingerprint density at radius 3 is 2.20 bits per heavy atom. The third kappa shape index (κ3) is 3.82. The van der Waals surface area contributed by atoms with Crippen LogP contribution in [0.4, 0.5) is 10.1 Å². The number of nitrogens with zero attached hydrogens (tertiary/aromatic N) is 1. The van der Waals surface area contributed by atoms with Crippen LogP contribution in [0.5, 0.6) is 0 Å². The first-order chi connectivity index (χ1) is 9.56. The second kappa shape index (κ2) is 6.53. The zero-order valence-corrected chi connectivity index (χ0v) is 11.6. The zero-order valence-electron chi connectivity index (χ0n) is 9.99. The molecule has 0 spiro atoms. The predicted octanol–water partition coefficient (Wildman–Crippen LogP) is 4.31. The van der Waals surface area contributed by atoms with E-state index >= 15 is 0 Å². The van der Waals surface area contributed by atoms with Crippen molar-refractivity contribution in [1.82, 2.24) is 0 Å². The van der Waals surface area contributed by atoms with E-state index in [1.807, 2.05) is 0 Å². The molecule has 0 atom stereocenters. The van der Waals surface area contributed by atoms with Gasteiger partial charge in [-0.15, -0.1) is 0 Å². The Bertz CT molecular complexity index is 629. The van der Waals surface area contributed by atoms with Crippen molar-refractivity contribution in [2.45, 2.75) is 4.90 Å². The highest BCUT2D eigenvalue weighted by molar-refractivity contribution is 8.82. The third-order valence-electron chi connectivity index (χ3n) is 2.34. The van der Waals surface area contributed by atoms with Gasteiger partial charge in [-0.1, -0.05) is 0 Å². The van der Waals surface area contributed by atoms with Crippen LogP contribution in [-0.4, -0.2) is 10.0 Å². The molecule has 0 amide bonds. The minimum Gasteiger partial charge on any atom is -0.281 e. The Labute approximate surface area is 121 Å². The fourth-order valence-electron chi connectivity index (χ4n) is 1.34. The van der Waals surface area contributed by atoms with Crippen LogP contribution in [0.15, 0.2) is 53.4 Å². The topological polar surface area (TPSA) is 60.2 Å². The summed E-state index contributed by atoms with van der Waals surface area (Å²) in [6.45, 7) is 0. The van der Waals surface area contributed by atoms with E-state index in [0.29, 0.717) is 5.56 Å². The van der Waals surface area contributed by atoms with E-state index in [1.165, 1.54) is 47.2 Å². The van der Waals surface area contributed by atoms with Crippen molar-refractivity contribution in [1.29, 1.82) is 0 Å². The molecule has 0 aliphatic rings. The molecule has 102 valence electrons. The van der Waals surface area contributed by atoms with Crippen molar-refractivity contribution in [2.75, 3.05) is 0 Å². The molecule has 0 aliphatic heterocycles. The number of carbonyl (C=O) groups is 1. The maximum absolute atomic E-state index is 12.7. The molecule has 20 heavy (non-hydrogen) atoms. The molecule has 0 saturated carbocycles. The smallest absolute Gasteiger partial charge is 0.269 e. The van der Waals surface area contributed by atoms with Gasteiger partial charge in [-0.05, 0) is 58.0 Å². The number of hydrogen-bond acceptors (Lipinski definition) is 5. The average molecular weight is 309 g/mol. The van der Waals surface area contributed by atoms with Gasteiger partial charge in [0, 0.05) is 22.6 Å². The van der Waals surface area contributed by atoms with Crippen LogP contribution in [0.1, 0.15) is 10.4 Å². The summed E-state index contributed by atoms with van der Waals surface area (Å²) >= 11 is 0. The molecule has 0 saturated heterocycles. The third-order valence-corrected chi connectivity index (χ3v) is 4.56. The van der Waals surface area contributed by atoms with Gasteiger partial charge in [-0.3, -0.25) is 14.9 Å². The maximum Gasteiger partial charge on any atom is 0.269 e. The summed E-state index contributed by atoms with van der Waals surface area (Å²) in [4.78, 5) is 22.6. The largest absolute Gasteiger partial charge is 0.281 e. The summed E-state index contributed by atoms with van der Waals surface area (Å²) in [5.41, 5.74) is 0.327. The molecular formula is C13H8FNO3S2. The van der Waals surface area contributed by atoms with Crippen molar-refractivity contribution < 1.29 is 14.1 Å². The van der Waals surface area contributed by atoms with Crippen molar-refractivity contribution >= 4 is 32.4 Å². The van der Waals surface area contributed by atoms with Gasteiger partial charge >= 0.3 is 0 Å². The van der Waals surface area contributed by atoms with Gasteiger partial charge in [0.2, 0.25) is 5.12 Å². The van der Waals surface area contributed by atoms with E-state index in [1.54, 1.807) is 12.1 Å². The summed E-state index contributed by atoms with van der Waals surface area (Å²) in [6.07, 6.45) is 0. The fraction of sp³-hybridized carbons (Fsp3) is 0. The molecule has 4 nitrogen and oxygen atoms in total. The highest BCUT2D eigenvalue weighted by Gasteiger charge is 2.11. The standard InChI is InChI=1S/C13H8FNO3S2/c14-10-3-7-12(8-4-10)19-20-13(16)9-1-5-11(6-2-9)15(17)18/h1-8H. The van der Waals surface area contributed by atoms with Gasteiger partial charge in [0.25, 0.3) is 5.69 Å². The Kier molecular flexibility index (Phi) is 4.75. The van der Waals surface area contributed by atoms with E-state index in [4.69, 9.17) is 0 Å². The molecule has 0 fully saturated rings. The summed E-state index contributed by atoms with van der Waals surface area (Å²) in [5, 5.41) is 10.3. The average Bonchev–Trinajstić information content (AvgIpc) is 2.46. The Morgan fingerprint density at radius 1 is 1.05 bits per heavy atom. The lowest BCUT2D eigenvalue weighted by Gasteiger charge is -2.00. The minimum atomic E-state index is -0.519. The van der Waals surface area contributed by atoms with Gasteiger partial charge in [-0.2, -0.15) is 0 Å². The normalized spacial score (nSPS) is 10.2. The molecule has 0 bridgehead atoms. The van der Waals surface area contributed by atoms with Gasteiger partial charge < -0.3 is 0 Å². The number of benzene rings is 2. The summed E-state index contributed by atoms with van der Waals surface area (Å²) < 4.78 is 12.7. The Morgan fingerprint density at radius 2 is 1.65 bits per heavy atom. The molecule has 2 aromatic rings. The van der Waals surface area contributed by atoms with E-state index in [-0.39, 0.29) is 16.6 Å². The zero-order chi connectivity index (χ0) is 14.5. The lowest BCUT2D eigenvalue weighted by atomic mass is 10.2. The molecule has 7 heteroatoms. The number of nitro benzene ring substituents is 1. The fourth-order valence-corrected chi connectivity index (χ4v) is 3.13. The van der Waals surface area contributed by atoms with Gasteiger partial charge in [0.05, 0.1) is 4.92 Å². The van der Waals surface area contributed by atoms with Crippen molar-refractivity contribution in [3.8, 4) is 0 Å². The molecule has 0 radical (unpaired) electrons.